The minimum Gasteiger partial charge on any atom is -0.480 e. The van der Waals surface area contributed by atoms with Crippen LogP contribution in [0.2, 0.25) is 0 Å². The Bertz CT molecular complexity index is 343. The van der Waals surface area contributed by atoms with E-state index in [0.717, 1.165) is 0 Å². The van der Waals surface area contributed by atoms with Crippen molar-refractivity contribution in [2.45, 2.75) is 18.9 Å². The number of carbonyl (C=O) groups excluding carboxylic acids is 3. The third kappa shape index (κ3) is 7.04. The monoisotopic (exact) mass is 261 g/mol. The molecule has 0 aromatic rings. The van der Waals surface area contributed by atoms with E-state index < -0.39 is 36.5 Å². The van der Waals surface area contributed by atoms with Crippen LogP contribution in [0.15, 0.2) is 0 Å². The molecule has 18 heavy (non-hydrogen) atoms. The fourth-order valence-corrected chi connectivity index (χ4v) is 0.998. The molecule has 0 fully saturated rings. The first kappa shape index (κ1) is 15.7. The number of carbonyl (C=O) groups is 4. The summed E-state index contributed by atoms with van der Waals surface area (Å²) in [7, 11) is 1.17. The van der Waals surface area contributed by atoms with E-state index in [1.807, 2.05) is 0 Å². The molecule has 9 nitrogen and oxygen atoms in total. The number of amides is 3. The van der Waals surface area contributed by atoms with Crippen molar-refractivity contribution < 1.29 is 29.0 Å². The van der Waals surface area contributed by atoms with Crippen molar-refractivity contribution in [3.05, 3.63) is 0 Å². The molecule has 9 heteroatoms. The Balaban J connectivity index is 4.18. The molecule has 1 atom stereocenters. The number of aliphatic carboxylic acids is 1. The largest absolute Gasteiger partial charge is 0.480 e. The molecule has 0 aromatic carbocycles. The van der Waals surface area contributed by atoms with Crippen LogP contribution in [0.4, 0.5) is 4.79 Å². The van der Waals surface area contributed by atoms with Gasteiger partial charge in [0.05, 0.1) is 13.7 Å². The summed E-state index contributed by atoms with van der Waals surface area (Å²) in [6, 6.07) is -2.11. The van der Waals surface area contributed by atoms with Crippen LogP contribution in [0.25, 0.3) is 0 Å². The van der Waals surface area contributed by atoms with Crippen molar-refractivity contribution in [3.8, 4) is 0 Å². The van der Waals surface area contributed by atoms with Gasteiger partial charge in [-0.1, -0.05) is 0 Å². The molecule has 0 bridgehead atoms. The second-order valence-corrected chi connectivity index (χ2v) is 3.30. The van der Waals surface area contributed by atoms with Gasteiger partial charge in [-0.3, -0.25) is 9.59 Å². The highest BCUT2D eigenvalue weighted by molar-refractivity contribution is 5.86. The fraction of sp³-hybridized carbons (Fsp3) is 0.556. The maximum atomic E-state index is 11.2. The van der Waals surface area contributed by atoms with Gasteiger partial charge in [0, 0.05) is 6.42 Å². The molecule has 0 unspecified atom stereocenters. The maximum absolute atomic E-state index is 11.2. The summed E-state index contributed by atoms with van der Waals surface area (Å²) in [5, 5.41) is 12.9. The van der Waals surface area contributed by atoms with Crippen molar-refractivity contribution in [3.63, 3.8) is 0 Å². The minimum atomic E-state index is -1.30. The Morgan fingerprint density at radius 2 is 1.94 bits per heavy atom. The first-order valence-electron chi connectivity index (χ1n) is 4.99. The molecule has 0 aliphatic rings. The van der Waals surface area contributed by atoms with E-state index in [1.165, 1.54) is 7.11 Å². The number of hydrogen-bond donors (Lipinski definition) is 4. The second kappa shape index (κ2) is 7.87. The van der Waals surface area contributed by atoms with Crippen molar-refractivity contribution in [2.24, 2.45) is 5.73 Å². The van der Waals surface area contributed by atoms with Gasteiger partial charge in [-0.15, -0.1) is 0 Å². The Morgan fingerprint density at radius 3 is 2.39 bits per heavy atom. The van der Waals surface area contributed by atoms with Gasteiger partial charge >= 0.3 is 18.0 Å². The van der Waals surface area contributed by atoms with Crippen LogP contribution in [0.5, 0.6) is 0 Å². The smallest absolute Gasteiger partial charge is 0.326 e. The molecule has 0 heterocycles. The Morgan fingerprint density at radius 1 is 1.33 bits per heavy atom. The van der Waals surface area contributed by atoms with E-state index in [9.17, 15) is 19.2 Å². The zero-order valence-corrected chi connectivity index (χ0v) is 9.76. The van der Waals surface area contributed by atoms with Crippen LogP contribution in [0.3, 0.4) is 0 Å². The quantitative estimate of drug-likeness (QED) is 0.396. The predicted molar refractivity (Wildman–Crippen MR) is 58.4 cm³/mol. The summed E-state index contributed by atoms with van der Waals surface area (Å²) in [6.45, 7) is -0.408. The number of urea groups is 1. The first-order chi connectivity index (χ1) is 8.36. The molecule has 0 aliphatic carbocycles. The highest BCUT2D eigenvalue weighted by atomic mass is 16.5. The van der Waals surface area contributed by atoms with Gasteiger partial charge in [-0.05, 0) is 6.42 Å². The summed E-state index contributed by atoms with van der Waals surface area (Å²) in [5.41, 5.74) is 4.79. The molecule has 0 radical (unpaired) electrons. The van der Waals surface area contributed by atoms with Gasteiger partial charge in [-0.25, -0.2) is 9.59 Å². The van der Waals surface area contributed by atoms with E-state index in [-0.39, 0.29) is 12.8 Å². The molecule has 5 N–H and O–H groups in total. The van der Waals surface area contributed by atoms with Crippen molar-refractivity contribution in [1.82, 2.24) is 10.6 Å². The molecule has 0 rings (SSSR count). The van der Waals surface area contributed by atoms with Crippen molar-refractivity contribution >= 4 is 23.9 Å². The number of esters is 1. The Labute approximate surface area is 103 Å². The Kier molecular flexibility index (Phi) is 6.86. The van der Waals surface area contributed by atoms with Gasteiger partial charge < -0.3 is 26.2 Å². The summed E-state index contributed by atoms with van der Waals surface area (Å²) in [4.78, 5) is 43.2. The minimum absolute atomic E-state index is 0.119. The normalized spacial score (nSPS) is 11.2. The van der Waals surface area contributed by atoms with E-state index in [2.05, 4.69) is 15.4 Å². The lowest BCUT2D eigenvalue weighted by Gasteiger charge is -2.14. The lowest BCUT2D eigenvalue weighted by Crippen LogP contribution is -2.48. The van der Waals surface area contributed by atoms with Crippen LogP contribution >= 0.6 is 0 Å². The van der Waals surface area contributed by atoms with Gasteiger partial charge in [0.15, 0.2) is 0 Å². The second-order valence-electron chi connectivity index (χ2n) is 3.30. The molecule has 0 saturated carbocycles. The first-order valence-corrected chi connectivity index (χ1v) is 4.99. The topological polar surface area (TPSA) is 148 Å². The fourth-order valence-electron chi connectivity index (χ4n) is 0.998. The molecule has 0 saturated heterocycles. The van der Waals surface area contributed by atoms with Crippen LogP contribution in [-0.4, -0.2) is 48.7 Å². The van der Waals surface area contributed by atoms with Crippen LogP contribution in [0, 0.1) is 0 Å². The number of carboxylic acids is 1. The standard InChI is InChI=1S/C9H15N3O6/c1-18-7(14)3-2-5(8(15)16)12-9(17)11-4-6(10)13/h5H,2-4H2,1H3,(H2,10,13)(H,15,16)(H2,11,12,17)/t5-/m1/s1. The summed E-state index contributed by atoms with van der Waals surface area (Å²) in [6.07, 6.45) is -0.268. The highest BCUT2D eigenvalue weighted by Crippen LogP contribution is 1.99. The van der Waals surface area contributed by atoms with Gasteiger partial charge in [-0.2, -0.15) is 0 Å². The van der Waals surface area contributed by atoms with Crippen molar-refractivity contribution in [1.29, 1.82) is 0 Å². The van der Waals surface area contributed by atoms with E-state index >= 15 is 0 Å². The number of primary amides is 1. The number of methoxy groups -OCH3 is 1. The third-order valence-electron chi connectivity index (χ3n) is 1.89. The highest BCUT2D eigenvalue weighted by Gasteiger charge is 2.21. The predicted octanol–water partition coefficient (Wildman–Crippen LogP) is -1.82. The van der Waals surface area contributed by atoms with Crippen LogP contribution in [-0.2, 0) is 19.1 Å². The number of nitrogens with one attached hydrogen (secondary N) is 2. The van der Waals surface area contributed by atoms with E-state index in [4.69, 9.17) is 10.8 Å². The van der Waals surface area contributed by atoms with Crippen LogP contribution in [0.1, 0.15) is 12.8 Å². The average Bonchev–Trinajstić information content (AvgIpc) is 2.30. The summed E-state index contributed by atoms with van der Waals surface area (Å²) < 4.78 is 4.34. The summed E-state index contributed by atoms with van der Waals surface area (Å²) >= 11 is 0. The number of rotatable bonds is 7. The zero-order chi connectivity index (χ0) is 14.1. The third-order valence-corrected chi connectivity index (χ3v) is 1.89. The molecular formula is C9H15N3O6. The number of carboxylic acid groups (broad SMARTS) is 1. The molecule has 102 valence electrons. The lowest BCUT2D eigenvalue weighted by atomic mass is 10.1. The molecular weight excluding hydrogens is 246 g/mol. The molecule has 0 aromatic heterocycles. The maximum Gasteiger partial charge on any atom is 0.326 e. The van der Waals surface area contributed by atoms with Gasteiger partial charge in [0.1, 0.15) is 6.04 Å². The lowest BCUT2D eigenvalue weighted by molar-refractivity contribution is -0.142. The van der Waals surface area contributed by atoms with E-state index in [1.54, 1.807) is 0 Å². The molecule has 3 amide bonds. The number of nitrogens with two attached hydrogens (primary N) is 1. The number of ether oxygens (including phenoxy) is 1. The van der Waals surface area contributed by atoms with Crippen LogP contribution < -0.4 is 16.4 Å². The average molecular weight is 261 g/mol. The van der Waals surface area contributed by atoms with E-state index in [0.29, 0.717) is 0 Å². The zero-order valence-electron chi connectivity index (χ0n) is 9.76. The van der Waals surface area contributed by atoms with Gasteiger partial charge in [0.25, 0.3) is 0 Å². The SMILES string of the molecule is COC(=O)CC[C@@H](NC(=O)NCC(N)=O)C(=O)O. The number of hydrogen-bond acceptors (Lipinski definition) is 5. The van der Waals surface area contributed by atoms with Gasteiger partial charge in [0.2, 0.25) is 5.91 Å². The molecule has 0 spiro atoms. The summed E-state index contributed by atoms with van der Waals surface area (Å²) in [5.74, 6) is -2.64. The molecule has 0 aliphatic heterocycles. The Hall–Kier alpha value is -2.32. The van der Waals surface area contributed by atoms with Crippen molar-refractivity contribution in [2.75, 3.05) is 13.7 Å².